The number of nitrogen functional groups attached to an aromatic ring is 1. The molecule has 0 aromatic carbocycles. The molecule has 0 bridgehead atoms. The van der Waals surface area contributed by atoms with Crippen molar-refractivity contribution >= 4 is 11.7 Å². The molecule has 0 radical (unpaired) electrons. The Morgan fingerprint density at radius 1 is 1.50 bits per heavy atom. The number of nitrogens with two attached hydrogens (primary N) is 1. The first-order chi connectivity index (χ1) is 8.52. The minimum Gasteiger partial charge on any atom is -0.337 e. The van der Waals surface area contributed by atoms with Gasteiger partial charge in [0.1, 0.15) is 5.69 Å². The summed E-state index contributed by atoms with van der Waals surface area (Å²) < 4.78 is 0. The Labute approximate surface area is 107 Å². The van der Waals surface area contributed by atoms with Gasteiger partial charge in [-0.25, -0.2) is 10.8 Å². The van der Waals surface area contributed by atoms with Crippen LogP contribution in [-0.2, 0) is 0 Å². The Bertz CT molecular complexity index is 446. The molecule has 1 aromatic heterocycles. The molecule has 0 atom stereocenters. The predicted octanol–water partition coefficient (Wildman–Crippen LogP) is 1.02. The van der Waals surface area contributed by atoms with E-state index in [1.807, 2.05) is 4.90 Å². The molecule has 0 unspecified atom stereocenters. The second-order valence-corrected chi connectivity index (χ2v) is 5.43. The van der Waals surface area contributed by atoms with Gasteiger partial charge in [-0.05, 0) is 18.3 Å². The summed E-state index contributed by atoms with van der Waals surface area (Å²) in [7, 11) is 0. The van der Waals surface area contributed by atoms with E-state index in [0.717, 1.165) is 25.9 Å². The third-order valence-corrected chi connectivity index (χ3v) is 3.19. The highest BCUT2D eigenvalue weighted by molar-refractivity contribution is 5.92. The van der Waals surface area contributed by atoms with E-state index in [9.17, 15) is 4.79 Å². The Morgan fingerprint density at radius 3 is 2.94 bits per heavy atom. The maximum absolute atomic E-state index is 12.3. The summed E-state index contributed by atoms with van der Waals surface area (Å²) in [6.45, 7) is 5.89. The van der Waals surface area contributed by atoms with Crippen LogP contribution in [0.15, 0.2) is 12.4 Å². The highest BCUT2D eigenvalue weighted by atomic mass is 16.2. The van der Waals surface area contributed by atoms with Crippen molar-refractivity contribution in [3.05, 3.63) is 18.1 Å². The van der Waals surface area contributed by atoms with Crippen molar-refractivity contribution in [2.24, 2.45) is 11.3 Å². The van der Waals surface area contributed by atoms with Gasteiger partial charge in [0.05, 0.1) is 12.4 Å². The molecule has 1 aliphatic heterocycles. The van der Waals surface area contributed by atoms with Gasteiger partial charge in [0.25, 0.3) is 5.91 Å². The third-order valence-electron chi connectivity index (χ3n) is 3.19. The highest BCUT2D eigenvalue weighted by Gasteiger charge is 2.30. The lowest BCUT2D eigenvalue weighted by atomic mass is 9.84. The van der Waals surface area contributed by atoms with Crippen LogP contribution >= 0.6 is 0 Å². The zero-order valence-electron chi connectivity index (χ0n) is 10.8. The number of rotatable bonds is 2. The van der Waals surface area contributed by atoms with Crippen molar-refractivity contribution in [3.8, 4) is 0 Å². The van der Waals surface area contributed by atoms with Gasteiger partial charge < -0.3 is 10.3 Å². The average Bonchev–Trinajstić information content (AvgIpc) is 2.37. The highest BCUT2D eigenvalue weighted by Crippen LogP contribution is 2.28. The minimum absolute atomic E-state index is 0.0765. The van der Waals surface area contributed by atoms with Crippen LogP contribution in [0.1, 0.15) is 37.2 Å². The largest absolute Gasteiger partial charge is 0.337 e. The molecule has 6 heteroatoms. The molecular formula is C12H19N5O. The summed E-state index contributed by atoms with van der Waals surface area (Å²) >= 11 is 0. The van der Waals surface area contributed by atoms with E-state index in [0.29, 0.717) is 11.5 Å². The summed E-state index contributed by atoms with van der Waals surface area (Å²) in [6, 6.07) is 0. The number of nitrogens with one attached hydrogen (secondary N) is 1. The van der Waals surface area contributed by atoms with E-state index in [4.69, 9.17) is 5.84 Å². The molecule has 1 fully saturated rings. The molecule has 3 N–H and O–H groups in total. The zero-order chi connectivity index (χ0) is 13.2. The molecule has 0 aliphatic carbocycles. The van der Waals surface area contributed by atoms with Crippen LogP contribution in [0, 0.1) is 5.41 Å². The fraction of sp³-hybridized carbons (Fsp3) is 0.583. The van der Waals surface area contributed by atoms with Crippen molar-refractivity contribution in [2.45, 2.75) is 26.7 Å². The van der Waals surface area contributed by atoms with E-state index in [1.54, 1.807) is 0 Å². The molecule has 0 spiro atoms. The minimum atomic E-state index is -0.0765. The lowest BCUT2D eigenvalue weighted by Gasteiger charge is -2.37. The average molecular weight is 249 g/mol. The summed E-state index contributed by atoms with van der Waals surface area (Å²) in [4.78, 5) is 22.2. The number of hydrogen-bond acceptors (Lipinski definition) is 5. The van der Waals surface area contributed by atoms with Gasteiger partial charge in [-0.1, -0.05) is 13.8 Å². The van der Waals surface area contributed by atoms with Gasteiger partial charge in [0.15, 0.2) is 5.82 Å². The Morgan fingerprint density at radius 2 is 2.28 bits per heavy atom. The van der Waals surface area contributed by atoms with Crippen LogP contribution < -0.4 is 11.3 Å². The van der Waals surface area contributed by atoms with Gasteiger partial charge in [-0.3, -0.25) is 9.78 Å². The second-order valence-electron chi connectivity index (χ2n) is 5.43. The van der Waals surface area contributed by atoms with E-state index in [2.05, 4.69) is 29.2 Å². The van der Waals surface area contributed by atoms with Crippen LogP contribution in [0.4, 0.5) is 5.82 Å². The summed E-state index contributed by atoms with van der Waals surface area (Å²) in [6.07, 6.45) is 5.13. The van der Waals surface area contributed by atoms with Crippen molar-refractivity contribution < 1.29 is 4.79 Å². The number of aromatic nitrogens is 2. The van der Waals surface area contributed by atoms with E-state index >= 15 is 0 Å². The summed E-state index contributed by atoms with van der Waals surface area (Å²) in [5.74, 6) is 5.59. The molecule has 6 nitrogen and oxygen atoms in total. The van der Waals surface area contributed by atoms with E-state index < -0.39 is 0 Å². The topological polar surface area (TPSA) is 84.1 Å². The molecule has 1 aliphatic rings. The number of carbonyl (C=O) groups excluding carboxylic acids is 1. The number of amides is 1. The number of anilines is 1. The smallest absolute Gasteiger partial charge is 0.274 e. The fourth-order valence-corrected chi connectivity index (χ4v) is 2.30. The first kappa shape index (κ1) is 12.8. The molecule has 18 heavy (non-hydrogen) atoms. The maximum Gasteiger partial charge on any atom is 0.274 e. The van der Waals surface area contributed by atoms with Crippen LogP contribution in [-0.4, -0.2) is 33.9 Å². The SMILES string of the molecule is CC1(C)CCCN(C(=O)c2cncc(NN)n2)C1. The molecule has 1 aromatic rings. The van der Waals surface area contributed by atoms with Gasteiger partial charge in [-0.2, -0.15) is 0 Å². The number of hydrogen-bond donors (Lipinski definition) is 2. The van der Waals surface area contributed by atoms with Crippen LogP contribution in [0.3, 0.4) is 0 Å². The van der Waals surface area contributed by atoms with Crippen molar-refractivity contribution in [1.29, 1.82) is 0 Å². The van der Waals surface area contributed by atoms with Crippen LogP contribution in [0.2, 0.25) is 0 Å². The van der Waals surface area contributed by atoms with Crippen molar-refractivity contribution in [1.82, 2.24) is 14.9 Å². The van der Waals surface area contributed by atoms with Gasteiger partial charge in [0.2, 0.25) is 0 Å². The van der Waals surface area contributed by atoms with Gasteiger partial charge in [-0.15, -0.1) is 0 Å². The standard InChI is InChI=1S/C12H19N5O/c1-12(2)4-3-5-17(8-12)11(18)9-6-14-7-10(15-9)16-13/h6-7H,3-5,8,13H2,1-2H3,(H,15,16). The molecule has 0 saturated carbocycles. The third kappa shape index (κ3) is 2.76. The zero-order valence-corrected chi connectivity index (χ0v) is 10.8. The molecule has 2 rings (SSSR count). The number of hydrazine groups is 1. The van der Waals surface area contributed by atoms with Crippen molar-refractivity contribution in [2.75, 3.05) is 18.5 Å². The van der Waals surface area contributed by atoms with E-state index in [1.165, 1.54) is 12.4 Å². The van der Waals surface area contributed by atoms with E-state index in [-0.39, 0.29) is 11.3 Å². The molecule has 98 valence electrons. The molecule has 1 amide bonds. The normalized spacial score (nSPS) is 18.5. The monoisotopic (exact) mass is 249 g/mol. The van der Waals surface area contributed by atoms with Gasteiger partial charge >= 0.3 is 0 Å². The summed E-state index contributed by atoms with van der Waals surface area (Å²) in [5.41, 5.74) is 2.90. The predicted molar refractivity (Wildman–Crippen MR) is 68.8 cm³/mol. The Balaban J connectivity index is 2.15. The Kier molecular flexibility index (Phi) is 3.47. The number of carbonyl (C=O) groups is 1. The maximum atomic E-state index is 12.3. The van der Waals surface area contributed by atoms with Crippen LogP contribution in [0.5, 0.6) is 0 Å². The second kappa shape index (κ2) is 4.89. The number of nitrogens with zero attached hydrogens (tertiary/aromatic N) is 3. The van der Waals surface area contributed by atoms with Crippen LogP contribution in [0.25, 0.3) is 0 Å². The summed E-state index contributed by atoms with van der Waals surface area (Å²) in [5, 5.41) is 0. The molecule has 2 heterocycles. The van der Waals surface area contributed by atoms with Gasteiger partial charge in [0, 0.05) is 13.1 Å². The Hall–Kier alpha value is -1.69. The lowest BCUT2D eigenvalue weighted by Crippen LogP contribution is -2.43. The first-order valence-electron chi connectivity index (χ1n) is 6.10. The number of likely N-dealkylation sites (tertiary alicyclic amines) is 1. The lowest BCUT2D eigenvalue weighted by molar-refractivity contribution is 0.0577. The van der Waals surface area contributed by atoms with Crippen molar-refractivity contribution in [3.63, 3.8) is 0 Å². The quantitative estimate of drug-likeness (QED) is 0.604. The molecular weight excluding hydrogens is 230 g/mol. The fourth-order valence-electron chi connectivity index (χ4n) is 2.30. The molecule has 1 saturated heterocycles. The first-order valence-corrected chi connectivity index (χ1v) is 6.10. The number of piperidine rings is 1.